The van der Waals surface area contributed by atoms with E-state index in [0.717, 1.165) is 61.4 Å². The number of pyridine rings is 1. The molecule has 5 heteroatoms. The van der Waals surface area contributed by atoms with Crippen LogP contribution in [0.1, 0.15) is 104 Å². The number of para-hydroxylation sites is 1. The number of fused-ring (bicyclic) bond motifs is 4. The molecule has 9 rings (SSSR count). The van der Waals surface area contributed by atoms with Gasteiger partial charge in [0.05, 0.1) is 22.3 Å². The van der Waals surface area contributed by atoms with Crippen LogP contribution in [0.3, 0.4) is 0 Å². The summed E-state index contributed by atoms with van der Waals surface area (Å²) in [4.78, 5) is 10.6. The first-order chi connectivity index (χ1) is 28.8. The summed E-state index contributed by atoms with van der Waals surface area (Å²) in [5, 5.41) is 12.6. The summed E-state index contributed by atoms with van der Waals surface area (Å²) in [6, 6.07) is 49.4. The second kappa shape index (κ2) is 15.3. The fraction of sp³-hybridized carbons (Fsp3) is 0.263. The second-order valence-corrected chi connectivity index (χ2v) is 20.4. The molecule has 0 unspecified atom stereocenters. The van der Waals surface area contributed by atoms with Crippen molar-refractivity contribution in [2.24, 2.45) is 0 Å². The van der Waals surface area contributed by atoms with Crippen molar-refractivity contribution in [2.45, 2.75) is 97.8 Å². The number of phenols is 1. The maximum Gasteiger partial charge on any atom is 0.148 e. The van der Waals surface area contributed by atoms with Gasteiger partial charge in [0.2, 0.25) is 0 Å². The van der Waals surface area contributed by atoms with Crippen LogP contribution in [0, 0.1) is 6.07 Å². The van der Waals surface area contributed by atoms with Crippen molar-refractivity contribution in [2.75, 3.05) is 0 Å². The van der Waals surface area contributed by atoms with Crippen LogP contribution in [0.5, 0.6) is 5.75 Å². The molecule has 0 aliphatic heterocycles. The van der Waals surface area contributed by atoms with E-state index in [1.165, 1.54) is 27.8 Å². The molecule has 1 aliphatic carbocycles. The molecule has 4 nitrogen and oxygen atoms in total. The van der Waals surface area contributed by atoms with Gasteiger partial charge in [0.25, 0.3) is 0 Å². The van der Waals surface area contributed by atoms with Crippen LogP contribution < -0.4 is 0 Å². The Balaban J connectivity index is 0.00000529. The second-order valence-electron chi connectivity index (χ2n) is 20.4. The Kier molecular flexibility index (Phi) is 10.7. The summed E-state index contributed by atoms with van der Waals surface area (Å²) in [5.74, 6) is 0.949. The molecule has 1 N–H and O–H groups in total. The largest absolute Gasteiger partial charge is 0.507 e. The zero-order valence-electron chi connectivity index (χ0n) is 37.8. The van der Waals surface area contributed by atoms with E-state index in [4.69, 9.17) is 9.97 Å². The van der Waals surface area contributed by atoms with Crippen LogP contribution in [0.15, 0.2) is 134 Å². The van der Waals surface area contributed by atoms with Gasteiger partial charge in [-0.2, -0.15) is 0 Å². The molecule has 0 fully saturated rings. The number of hydrogen-bond acceptors (Lipinski definition) is 3. The van der Waals surface area contributed by atoms with Crippen molar-refractivity contribution in [1.29, 1.82) is 0 Å². The van der Waals surface area contributed by atoms with E-state index in [1.54, 1.807) is 0 Å². The molecule has 0 saturated heterocycles. The van der Waals surface area contributed by atoms with E-state index in [2.05, 4.69) is 202 Å². The quantitative estimate of drug-likeness (QED) is 0.175. The molecular formula is C57H56N3OPt-. The number of imidazole rings is 1. The molecule has 0 bridgehead atoms. The van der Waals surface area contributed by atoms with Gasteiger partial charge in [-0.15, -0.1) is 17.7 Å². The molecule has 1 aliphatic rings. The van der Waals surface area contributed by atoms with Crippen LogP contribution in [0.25, 0.3) is 72.7 Å². The maximum absolute atomic E-state index is 12.6. The van der Waals surface area contributed by atoms with E-state index in [0.29, 0.717) is 11.4 Å². The van der Waals surface area contributed by atoms with E-state index >= 15 is 0 Å². The molecule has 62 heavy (non-hydrogen) atoms. The SMILES string of the molecule is CC(C)(C)c1ccc(-n2c(-c3cc(C(C)(C)C)cc(C(C)(C)C)c3O)nc3c(-c4[c-]c(-c5ccccn5)cc5c4C(C)(C)c4ccccc4-5)cccc32)c(-c2ccccc2)c1.[Pt]. The molecule has 8 aromatic rings. The Labute approximate surface area is 382 Å². The number of benzene rings is 6. The fourth-order valence-electron chi connectivity index (χ4n) is 9.29. The summed E-state index contributed by atoms with van der Waals surface area (Å²) in [5.41, 5.74) is 16.9. The Bertz CT molecular complexity index is 2990. The van der Waals surface area contributed by atoms with Gasteiger partial charge >= 0.3 is 0 Å². The zero-order valence-corrected chi connectivity index (χ0v) is 40.1. The molecule has 316 valence electrons. The smallest absolute Gasteiger partial charge is 0.148 e. The predicted octanol–water partition coefficient (Wildman–Crippen LogP) is 14.8. The number of hydrogen-bond donors (Lipinski definition) is 1. The number of rotatable bonds is 5. The minimum atomic E-state index is -0.326. The van der Waals surface area contributed by atoms with Crippen molar-refractivity contribution in [3.8, 4) is 67.5 Å². The van der Waals surface area contributed by atoms with Crippen LogP contribution >= 0.6 is 0 Å². The van der Waals surface area contributed by atoms with Crippen LogP contribution in [0.2, 0.25) is 0 Å². The Hall–Kier alpha value is -5.57. The van der Waals surface area contributed by atoms with E-state index in [-0.39, 0.29) is 48.5 Å². The molecule has 2 aromatic heterocycles. The minimum absolute atomic E-state index is 0. The van der Waals surface area contributed by atoms with Crippen molar-refractivity contribution < 1.29 is 26.2 Å². The molecule has 6 aromatic carbocycles. The fourth-order valence-corrected chi connectivity index (χ4v) is 9.29. The zero-order chi connectivity index (χ0) is 43.2. The van der Waals surface area contributed by atoms with Crippen LogP contribution in [0.4, 0.5) is 0 Å². The topological polar surface area (TPSA) is 50.9 Å². The van der Waals surface area contributed by atoms with Gasteiger partial charge in [0.15, 0.2) is 0 Å². The molecule has 0 saturated carbocycles. The van der Waals surface area contributed by atoms with Crippen LogP contribution in [-0.2, 0) is 42.7 Å². The average molecular weight is 994 g/mol. The third kappa shape index (κ3) is 7.25. The van der Waals surface area contributed by atoms with Crippen molar-refractivity contribution in [3.05, 3.63) is 167 Å². The van der Waals surface area contributed by atoms with Crippen molar-refractivity contribution >= 4 is 11.0 Å². The van der Waals surface area contributed by atoms with E-state index in [9.17, 15) is 5.11 Å². The Morgan fingerprint density at radius 1 is 0.597 bits per heavy atom. The van der Waals surface area contributed by atoms with E-state index in [1.807, 2.05) is 18.3 Å². The van der Waals surface area contributed by atoms with Gasteiger partial charge in [-0.25, -0.2) is 4.98 Å². The first-order valence-electron chi connectivity index (χ1n) is 21.6. The summed E-state index contributed by atoms with van der Waals surface area (Å²) in [6.07, 6.45) is 1.85. The van der Waals surface area contributed by atoms with Crippen LogP contribution in [-0.4, -0.2) is 19.6 Å². The standard InChI is InChI=1S/C57H56N3O.Pt/c1-54(2,3)37-27-28-48(41(32-37)35-20-13-12-14-21-35)60-49-26-19-23-40(51(49)59-53(60)44-33-38(55(4,5)6)34-46(52(44)61)56(7,8)9)43-31-36(47-25-17-18-29-58-47)30-42-39-22-15-16-24-45(39)57(10,11)50(42)43;/h12-30,32-34,61H,1-11H3;/q-1;. The molecule has 2 heterocycles. The summed E-state index contributed by atoms with van der Waals surface area (Å²) < 4.78 is 2.30. The van der Waals surface area contributed by atoms with E-state index < -0.39 is 0 Å². The molecule has 0 amide bonds. The maximum atomic E-state index is 12.6. The number of phenolic OH excluding ortho intramolecular Hbond substituents is 1. The third-order valence-electron chi connectivity index (χ3n) is 12.7. The predicted molar refractivity (Wildman–Crippen MR) is 255 cm³/mol. The van der Waals surface area contributed by atoms with Gasteiger partial charge in [-0.05, 0) is 79.8 Å². The summed E-state index contributed by atoms with van der Waals surface area (Å²) >= 11 is 0. The first kappa shape index (κ1) is 43.1. The van der Waals surface area contributed by atoms with Crippen molar-refractivity contribution in [1.82, 2.24) is 14.5 Å². The number of aromatic hydroxyl groups is 1. The number of nitrogens with zero attached hydrogens (tertiary/aromatic N) is 3. The summed E-state index contributed by atoms with van der Waals surface area (Å²) in [6.45, 7) is 24.7. The third-order valence-corrected chi connectivity index (χ3v) is 12.7. The molecule has 0 atom stereocenters. The van der Waals surface area contributed by atoms with Gasteiger partial charge in [0.1, 0.15) is 11.6 Å². The van der Waals surface area contributed by atoms with Crippen molar-refractivity contribution in [3.63, 3.8) is 0 Å². The summed E-state index contributed by atoms with van der Waals surface area (Å²) in [7, 11) is 0. The van der Waals surface area contributed by atoms with Gasteiger partial charge < -0.3 is 5.11 Å². The Morgan fingerprint density at radius 3 is 1.94 bits per heavy atom. The van der Waals surface area contributed by atoms with Gasteiger partial charge in [-0.3, -0.25) is 9.55 Å². The average Bonchev–Trinajstić information content (AvgIpc) is 3.72. The number of aromatic nitrogens is 3. The Morgan fingerprint density at radius 2 is 1.26 bits per heavy atom. The normalized spacial score (nSPS) is 13.5. The van der Waals surface area contributed by atoms with Gasteiger partial charge in [0, 0.05) is 44.1 Å². The molecular weight excluding hydrogens is 938 g/mol. The monoisotopic (exact) mass is 993 g/mol. The molecule has 0 radical (unpaired) electrons. The first-order valence-corrected chi connectivity index (χ1v) is 21.6. The van der Waals surface area contributed by atoms with Gasteiger partial charge in [-0.1, -0.05) is 189 Å². The molecule has 0 spiro atoms. The minimum Gasteiger partial charge on any atom is -0.507 e.